The van der Waals surface area contributed by atoms with Gasteiger partial charge in [0.25, 0.3) is 0 Å². The van der Waals surface area contributed by atoms with Gasteiger partial charge in [-0.3, -0.25) is 13.5 Å². The number of sulfonamides is 1. The zero-order valence-corrected chi connectivity index (χ0v) is 18.7. The van der Waals surface area contributed by atoms with Crippen molar-refractivity contribution in [3.63, 3.8) is 0 Å². The largest absolute Gasteiger partial charge is 0.497 e. The summed E-state index contributed by atoms with van der Waals surface area (Å²) in [7, 11) is -1.84. The van der Waals surface area contributed by atoms with E-state index in [4.69, 9.17) is 4.74 Å². The predicted octanol–water partition coefficient (Wildman–Crippen LogP) is 3.42. The Morgan fingerprint density at radius 3 is 2.50 bits per heavy atom. The monoisotopic (exact) mass is 450 g/mol. The fraction of sp³-hybridized carbons (Fsp3) is 0.174. The minimum Gasteiger partial charge on any atom is -0.497 e. The molecule has 0 saturated heterocycles. The van der Waals surface area contributed by atoms with Crippen LogP contribution < -0.4 is 9.04 Å². The van der Waals surface area contributed by atoms with Crippen LogP contribution in [-0.4, -0.2) is 48.5 Å². The van der Waals surface area contributed by atoms with Crippen molar-refractivity contribution in [2.45, 2.75) is 6.92 Å². The van der Waals surface area contributed by atoms with Gasteiger partial charge in [-0.05, 0) is 49.4 Å². The zero-order chi connectivity index (χ0) is 22.9. The van der Waals surface area contributed by atoms with Crippen LogP contribution >= 0.6 is 0 Å². The van der Waals surface area contributed by atoms with E-state index in [2.05, 4.69) is 9.97 Å². The van der Waals surface area contributed by atoms with Crippen LogP contribution in [0.4, 0.5) is 5.69 Å². The lowest BCUT2D eigenvalue weighted by Crippen LogP contribution is -2.29. The molecule has 32 heavy (non-hydrogen) atoms. The lowest BCUT2D eigenvalue weighted by molar-refractivity contribution is 0.103. The molecule has 0 amide bonds. The summed E-state index contributed by atoms with van der Waals surface area (Å²) in [5, 5.41) is 0. The van der Waals surface area contributed by atoms with Crippen LogP contribution in [-0.2, 0) is 10.0 Å². The summed E-state index contributed by atoms with van der Waals surface area (Å²) < 4.78 is 32.5. The highest BCUT2D eigenvalue weighted by atomic mass is 32.2. The van der Waals surface area contributed by atoms with Gasteiger partial charge in [-0.1, -0.05) is 12.1 Å². The first-order valence-electron chi connectivity index (χ1n) is 9.92. The quantitative estimate of drug-likeness (QED) is 0.401. The van der Waals surface area contributed by atoms with E-state index < -0.39 is 10.0 Å². The molecule has 0 aliphatic heterocycles. The fourth-order valence-corrected chi connectivity index (χ4v) is 4.57. The minimum atomic E-state index is -3.40. The second kappa shape index (κ2) is 8.43. The Morgan fingerprint density at radius 2 is 1.84 bits per heavy atom. The van der Waals surface area contributed by atoms with Crippen molar-refractivity contribution in [2.75, 3.05) is 24.2 Å². The lowest BCUT2D eigenvalue weighted by Gasteiger charge is -2.21. The van der Waals surface area contributed by atoms with E-state index in [9.17, 15) is 13.2 Å². The van der Waals surface area contributed by atoms with E-state index in [1.54, 1.807) is 79.5 Å². The molecule has 0 aliphatic rings. The first-order valence-corrected chi connectivity index (χ1v) is 11.8. The topological polar surface area (TPSA) is 93.9 Å². The van der Waals surface area contributed by atoms with Gasteiger partial charge in [0, 0.05) is 23.9 Å². The number of nitrogens with zero attached hydrogens (tertiary/aromatic N) is 4. The molecule has 0 spiro atoms. The molecule has 4 aromatic rings. The van der Waals surface area contributed by atoms with Crippen LogP contribution in [0.15, 0.2) is 67.1 Å². The molecule has 4 rings (SSSR count). The summed E-state index contributed by atoms with van der Waals surface area (Å²) in [6.45, 7) is 2.10. The first kappa shape index (κ1) is 21.5. The molecule has 164 valence electrons. The number of hydrogen-bond acceptors (Lipinski definition) is 6. The maximum atomic E-state index is 13.0. The molecule has 2 heterocycles. The van der Waals surface area contributed by atoms with Crippen LogP contribution in [0.1, 0.15) is 23.0 Å². The van der Waals surface area contributed by atoms with Gasteiger partial charge in [0.1, 0.15) is 12.1 Å². The molecule has 0 bridgehead atoms. The third-order valence-electron chi connectivity index (χ3n) is 5.12. The highest BCUT2D eigenvalue weighted by molar-refractivity contribution is 7.92. The molecule has 0 fully saturated rings. The van der Waals surface area contributed by atoms with Crippen molar-refractivity contribution in [2.24, 2.45) is 0 Å². The van der Waals surface area contributed by atoms with Crippen molar-refractivity contribution in [1.82, 2.24) is 14.4 Å². The summed E-state index contributed by atoms with van der Waals surface area (Å²) >= 11 is 0. The van der Waals surface area contributed by atoms with Crippen LogP contribution in [0.5, 0.6) is 5.75 Å². The van der Waals surface area contributed by atoms with E-state index in [0.29, 0.717) is 29.2 Å². The maximum Gasteiger partial charge on any atom is 0.232 e. The van der Waals surface area contributed by atoms with Crippen molar-refractivity contribution in [3.05, 3.63) is 78.4 Å². The molecule has 2 aromatic carbocycles. The molecule has 0 atom stereocenters. The Labute approximate surface area is 186 Å². The number of imidazole rings is 1. The number of fused-ring (bicyclic) bond motifs is 1. The molecule has 0 N–H and O–H groups in total. The second-order valence-corrected chi connectivity index (χ2v) is 9.06. The van der Waals surface area contributed by atoms with Crippen LogP contribution in [0.3, 0.4) is 0 Å². The number of ketones is 1. The van der Waals surface area contributed by atoms with Gasteiger partial charge >= 0.3 is 0 Å². The van der Waals surface area contributed by atoms with Gasteiger partial charge in [0.15, 0.2) is 11.3 Å². The second-order valence-electron chi connectivity index (χ2n) is 7.15. The number of carbonyl (C=O) groups is 1. The van der Waals surface area contributed by atoms with Crippen molar-refractivity contribution >= 4 is 27.1 Å². The number of anilines is 1. The van der Waals surface area contributed by atoms with Gasteiger partial charge < -0.3 is 4.74 Å². The predicted molar refractivity (Wildman–Crippen MR) is 123 cm³/mol. The smallest absolute Gasteiger partial charge is 0.232 e. The van der Waals surface area contributed by atoms with E-state index in [-0.39, 0.29) is 11.5 Å². The molecular weight excluding hydrogens is 428 g/mol. The summed E-state index contributed by atoms with van der Waals surface area (Å²) in [4.78, 5) is 21.7. The van der Waals surface area contributed by atoms with Crippen LogP contribution in [0.25, 0.3) is 16.9 Å². The third kappa shape index (κ3) is 3.94. The Balaban J connectivity index is 1.77. The number of carbonyl (C=O) groups excluding carboxylic acids is 1. The summed E-state index contributed by atoms with van der Waals surface area (Å²) in [6.07, 6.45) is 4.34. The molecule has 0 saturated carbocycles. The van der Waals surface area contributed by atoms with Gasteiger partial charge in [0.05, 0.1) is 24.7 Å². The zero-order valence-electron chi connectivity index (χ0n) is 17.9. The lowest BCUT2D eigenvalue weighted by atomic mass is 10.1. The van der Waals surface area contributed by atoms with Gasteiger partial charge in [0.2, 0.25) is 15.8 Å². The summed E-state index contributed by atoms with van der Waals surface area (Å²) in [6, 6.07) is 15.8. The summed E-state index contributed by atoms with van der Waals surface area (Å²) in [5.41, 5.74) is 3.21. The molecule has 0 aliphatic carbocycles. The van der Waals surface area contributed by atoms with Crippen molar-refractivity contribution < 1.29 is 17.9 Å². The normalized spacial score (nSPS) is 11.5. The number of benzene rings is 2. The number of ether oxygens (including phenoxy) is 1. The molecule has 8 nitrogen and oxygen atoms in total. The summed E-state index contributed by atoms with van der Waals surface area (Å²) in [5.74, 6) is 0.412. The molecule has 9 heteroatoms. The standard InChI is InChI=1S/C23H22N4O4S/c1-4-27(32(3,29)30)18-7-5-6-17(14-18)20-12-13-24-23-21(25-15-26(20)23)22(28)16-8-10-19(31-2)11-9-16/h5-15H,4H2,1-3H3. The number of rotatable bonds is 7. The molecule has 0 unspecified atom stereocenters. The molecule has 2 aromatic heterocycles. The van der Waals surface area contributed by atoms with Gasteiger partial charge in [-0.15, -0.1) is 0 Å². The molecule has 0 radical (unpaired) electrons. The number of aromatic nitrogens is 3. The van der Waals surface area contributed by atoms with Gasteiger partial charge in [-0.25, -0.2) is 18.4 Å². The maximum absolute atomic E-state index is 13.0. The van der Waals surface area contributed by atoms with Gasteiger partial charge in [-0.2, -0.15) is 0 Å². The van der Waals surface area contributed by atoms with E-state index in [1.165, 1.54) is 10.6 Å². The van der Waals surface area contributed by atoms with Crippen molar-refractivity contribution in [3.8, 4) is 17.0 Å². The minimum absolute atomic E-state index is 0.236. The van der Waals surface area contributed by atoms with E-state index in [0.717, 1.165) is 11.3 Å². The Hall–Kier alpha value is -3.72. The Kier molecular flexibility index (Phi) is 5.67. The SMILES string of the molecule is CCN(c1cccc(-c2ccnc3c(C(=O)c4ccc(OC)cc4)ncn23)c1)S(C)(=O)=O. The van der Waals surface area contributed by atoms with Crippen LogP contribution in [0, 0.1) is 0 Å². The third-order valence-corrected chi connectivity index (χ3v) is 6.39. The highest BCUT2D eigenvalue weighted by Crippen LogP contribution is 2.27. The Bertz CT molecular complexity index is 1400. The molecular formula is C23H22N4O4S. The Morgan fingerprint density at radius 1 is 1.09 bits per heavy atom. The highest BCUT2D eigenvalue weighted by Gasteiger charge is 2.20. The van der Waals surface area contributed by atoms with E-state index >= 15 is 0 Å². The number of hydrogen-bond donors (Lipinski definition) is 0. The number of methoxy groups -OCH3 is 1. The average molecular weight is 451 g/mol. The first-order chi connectivity index (χ1) is 15.3. The fourth-order valence-electron chi connectivity index (χ4n) is 3.60. The van der Waals surface area contributed by atoms with Crippen molar-refractivity contribution in [1.29, 1.82) is 0 Å². The van der Waals surface area contributed by atoms with E-state index in [1.807, 2.05) is 6.07 Å². The average Bonchev–Trinajstić information content (AvgIpc) is 3.22. The van der Waals surface area contributed by atoms with Crippen LogP contribution in [0.2, 0.25) is 0 Å².